The molecular formula is C13H17N5S. The van der Waals surface area contributed by atoms with E-state index in [9.17, 15) is 0 Å². The van der Waals surface area contributed by atoms with Crippen LogP contribution in [0.1, 0.15) is 31.0 Å². The minimum atomic E-state index is 0.192. The molecule has 0 aliphatic heterocycles. The Hall–Kier alpha value is -1.82. The van der Waals surface area contributed by atoms with Gasteiger partial charge in [-0.05, 0) is 24.5 Å². The first-order valence-electron chi connectivity index (χ1n) is 5.99. The lowest BCUT2D eigenvalue weighted by Gasteiger charge is -2.13. The van der Waals surface area contributed by atoms with Crippen LogP contribution in [0.15, 0.2) is 28.3 Å². The Morgan fingerprint density at radius 3 is 2.47 bits per heavy atom. The maximum absolute atomic E-state index is 5.87. The molecule has 6 heteroatoms. The van der Waals surface area contributed by atoms with Crippen molar-refractivity contribution < 1.29 is 0 Å². The van der Waals surface area contributed by atoms with Crippen LogP contribution in [0.2, 0.25) is 0 Å². The van der Waals surface area contributed by atoms with E-state index in [2.05, 4.69) is 34.9 Å². The number of hydrogen-bond acceptors (Lipinski definition) is 6. The molecule has 0 aromatic carbocycles. The molecule has 0 spiro atoms. The quantitative estimate of drug-likeness (QED) is 0.894. The Morgan fingerprint density at radius 1 is 1.11 bits per heavy atom. The molecule has 0 fully saturated rings. The first-order chi connectivity index (χ1) is 8.97. The predicted molar refractivity (Wildman–Crippen MR) is 78.0 cm³/mol. The first-order valence-corrected chi connectivity index (χ1v) is 6.81. The van der Waals surface area contributed by atoms with Gasteiger partial charge >= 0.3 is 0 Å². The van der Waals surface area contributed by atoms with Crippen molar-refractivity contribution >= 4 is 23.5 Å². The number of hydrogen-bond donors (Lipinski definition) is 2. The Morgan fingerprint density at radius 2 is 1.84 bits per heavy atom. The third kappa shape index (κ3) is 3.14. The highest BCUT2D eigenvalue weighted by Crippen LogP contribution is 2.35. The van der Waals surface area contributed by atoms with E-state index in [-0.39, 0.29) is 5.95 Å². The zero-order valence-electron chi connectivity index (χ0n) is 11.2. The van der Waals surface area contributed by atoms with E-state index in [4.69, 9.17) is 11.5 Å². The van der Waals surface area contributed by atoms with Gasteiger partial charge in [-0.2, -0.15) is 4.98 Å². The van der Waals surface area contributed by atoms with E-state index < -0.39 is 0 Å². The van der Waals surface area contributed by atoms with Crippen molar-refractivity contribution in [3.63, 3.8) is 0 Å². The molecule has 4 N–H and O–H groups in total. The van der Waals surface area contributed by atoms with Crippen LogP contribution in [0.4, 0.5) is 11.8 Å². The summed E-state index contributed by atoms with van der Waals surface area (Å²) in [4.78, 5) is 14.2. The van der Waals surface area contributed by atoms with Crippen LogP contribution in [0.3, 0.4) is 0 Å². The third-order valence-electron chi connectivity index (χ3n) is 2.68. The average Bonchev–Trinajstić information content (AvgIpc) is 2.32. The zero-order chi connectivity index (χ0) is 14.0. The molecule has 0 saturated heterocycles. The molecule has 0 amide bonds. The molecule has 2 heterocycles. The zero-order valence-corrected chi connectivity index (χ0v) is 12.0. The summed E-state index contributed by atoms with van der Waals surface area (Å²) in [5, 5.41) is 0. The fourth-order valence-electron chi connectivity index (χ4n) is 1.66. The fourth-order valence-corrected chi connectivity index (χ4v) is 2.79. The van der Waals surface area contributed by atoms with Gasteiger partial charge in [-0.1, -0.05) is 25.6 Å². The van der Waals surface area contributed by atoms with Gasteiger partial charge in [0, 0.05) is 23.0 Å². The summed E-state index contributed by atoms with van der Waals surface area (Å²) in [7, 11) is 0. The van der Waals surface area contributed by atoms with Gasteiger partial charge in [0.25, 0.3) is 0 Å². The van der Waals surface area contributed by atoms with Crippen molar-refractivity contribution in [1.82, 2.24) is 15.0 Å². The standard InChI is InChI=1S/C13H17N5S/c1-7(2)9-5-16-8(3)4-10(9)19-11-6-17-13(15)18-12(11)14/h4-7H,1-3H3,(H4,14,15,17,18). The number of nitrogens with zero attached hydrogens (tertiary/aromatic N) is 3. The second kappa shape index (κ2) is 5.44. The second-order valence-corrected chi connectivity index (χ2v) is 5.68. The molecule has 2 aromatic rings. The summed E-state index contributed by atoms with van der Waals surface area (Å²) in [6.45, 7) is 6.25. The van der Waals surface area contributed by atoms with Crippen LogP contribution in [0.5, 0.6) is 0 Å². The molecule has 5 nitrogen and oxygen atoms in total. The summed E-state index contributed by atoms with van der Waals surface area (Å²) in [6, 6.07) is 2.05. The lowest BCUT2D eigenvalue weighted by atomic mass is 10.1. The Balaban J connectivity index is 2.39. The van der Waals surface area contributed by atoms with Crippen LogP contribution in [-0.2, 0) is 0 Å². The molecular weight excluding hydrogens is 258 g/mol. The number of nitrogen functional groups attached to an aromatic ring is 2. The van der Waals surface area contributed by atoms with Gasteiger partial charge in [-0.3, -0.25) is 4.98 Å². The predicted octanol–water partition coefficient (Wildman–Crippen LogP) is 2.62. The van der Waals surface area contributed by atoms with Gasteiger partial charge in [0.1, 0.15) is 5.82 Å². The van der Waals surface area contributed by atoms with Crippen molar-refractivity contribution in [2.75, 3.05) is 11.5 Å². The fraction of sp³-hybridized carbons (Fsp3) is 0.308. The molecule has 0 saturated carbocycles. The van der Waals surface area contributed by atoms with Gasteiger partial charge in [-0.25, -0.2) is 4.98 Å². The van der Waals surface area contributed by atoms with E-state index in [1.165, 1.54) is 5.56 Å². The van der Waals surface area contributed by atoms with Crippen LogP contribution in [0.25, 0.3) is 0 Å². The molecule has 100 valence electrons. The topological polar surface area (TPSA) is 90.7 Å². The summed E-state index contributed by atoms with van der Waals surface area (Å²) < 4.78 is 0. The van der Waals surface area contributed by atoms with Gasteiger partial charge in [0.15, 0.2) is 0 Å². The largest absolute Gasteiger partial charge is 0.383 e. The molecule has 2 rings (SSSR count). The lowest BCUT2D eigenvalue weighted by Crippen LogP contribution is -2.01. The molecule has 0 aliphatic rings. The second-order valence-electron chi connectivity index (χ2n) is 4.60. The number of aromatic nitrogens is 3. The lowest BCUT2D eigenvalue weighted by molar-refractivity contribution is 0.828. The highest BCUT2D eigenvalue weighted by atomic mass is 32.2. The van der Waals surface area contributed by atoms with Crippen molar-refractivity contribution in [1.29, 1.82) is 0 Å². The SMILES string of the molecule is Cc1cc(Sc2cnc(N)nc2N)c(C(C)C)cn1. The Kier molecular flexibility index (Phi) is 3.90. The molecule has 0 radical (unpaired) electrons. The molecule has 0 aliphatic carbocycles. The van der Waals surface area contributed by atoms with E-state index in [0.29, 0.717) is 11.7 Å². The number of anilines is 2. The van der Waals surface area contributed by atoms with Crippen LogP contribution in [-0.4, -0.2) is 15.0 Å². The van der Waals surface area contributed by atoms with Crippen molar-refractivity contribution in [3.05, 3.63) is 29.7 Å². The maximum Gasteiger partial charge on any atom is 0.221 e. The Labute approximate surface area is 116 Å². The monoisotopic (exact) mass is 275 g/mol. The van der Waals surface area contributed by atoms with E-state index >= 15 is 0 Å². The smallest absolute Gasteiger partial charge is 0.221 e. The first kappa shape index (κ1) is 13.6. The normalized spacial score (nSPS) is 10.9. The maximum atomic E-state index is 5.87. The van der Waals surface area contributed by atoms with E-state index in [1.54, 1.807) is 18.0 Å². The summed E-state index contributed by atoms with van der Waals surface area (Å²) >= 11 is 1.55. The van der Waals surface area contributed by atoms with Crippen LogP contribution in [0, 0.1) is 6.92 Å². The van der Waals surface area contributed by atoms with E-state index in [0.717, 1.165) is 15.5 Å². The number of nitrogens with two attached hydrogens (primary N) is 2. The van der Waals surface area contributed by atoms with Gasteiger partial charge < -0.3 is 11.5 Å². The van der Waals surface area contributed by atoms with Crippen molar-refractivity contribution in [2.45, 2.75) is 36.5 Å². The number of aryl methyl sites for hydroxylation is 1. The third-order valence-corrected chi connectivity index (χ3v) is 3.78. The molecule has 19 heavy (non-hydrogen) atoms. The van der Waals surface area contributed by atoms with Crippen molar-refractivity contribution in [3.8, 4) is 0 Å². The highest BCUT2D eigenvalue weighted by molar-refractivity contribution is 7.99. The Bertz CT molecular complexity index is 598. The van der Waals surface area contributed by atoms with Crippen molar-refractivity contribution in [2.24, 2.45) is 0 Å². The van der Waals surface area contributed by atoms with E-state index in [1.807, 2.05) is 13.1 Å². The molecule has 2 aromatic heterocycles. The average molecular weight is 275 g/mol. The minimum Gasteiger partial charge on any atom is -0.383 e. The molecule has 0 atom stereocenters. The van der Waals surface area contributed by atoms with Gasteiger partial charge in [0.05, 0.1) is 4.90 Å². The molecule has 0 unspecified atom stereocenters. The van der Waals surface area contributed by atoms with Gasteiger partial charge in [0.2, 0.25) is 5.95 Å². The summed E-state index contributed by atoms with van der Waals surface area (Å²) in [6.07, 6.45) is 3.57. The number of rotatable bonds is 3. The van der Waals surface area contributed by atoms with Crippen LogP contribution >= 0.6 is 11.8 Å². The molecule has 0 bridgehead atoms. The summed E-state index contributed by atoms with van der Waals surface area (Å²) in [5.74, 6) is 0.991. The number of pyridine rings is 1. The van der Waals surface area contributed by atoms with Crippen LogP contribution < -0.4 is 11.5 Å². The highest BCUT2D eigenvalue weighted by Gasteiger charge is 2.12. The summed E-state index contributed by atoms with van der Waals surface area (Å²) in [5.41, 5.74) is 13.5. The van der Waals surface area contributed by atoms with Gasteiger partial charge in [-0.15, -0.1) is 0 Å². The minimum absolute atomic E-state index is 0.192.